The van der Waals surface area contributed by atoms with E-state index in [1.54, 1.807) is 6.92 Å². The first-order valence-electron chi connectivity index (χ1n) is 10.0. The number of ether oxygens (including phenoxy) is 1. The molecule has 1 saturated heterocycles. The third-order valence-corrected chi connectivity index (χ3v) is 5.86. The van der Waals surface area contributed by atoms with Gasteiger partial charge in [-0.1, -0.05) is 43.2 Å². The Hall–Kier alpha value is -2.18. The molecule has 0 bridgehead atoms. The van der Waals surface area contributed by atoms with Crippen molar-refractivity contribution in [3.05, 3.63) is 41.3 Å². The topological polar surface area (TPSA) is 58.6 Å². The quantitative estimate of drug-likeness (QED) is 0.679. The van der Waals surface area contributed by atoms with Gasteiger partial charge >= 0.3 is 5.97 Å². The Morgan fingerprint density at radius 1 is 1.11 bits per heavy atom. The highest BCUT2D eigenvalue weighted by Crippen LogP contribution is 2.36. The van der Waals surface area contributed by atoms with E-state index in [1.807, 2.05) is 35.7 Å². The Morgan fingerprint density at radius 2 is 1.82 bits per heavy atom. The van der Waals surface area contributed by atoms with Crippen LogP contribution in [-0.2, 0) is 9.53 Å². The van der Waals surface area contributed by atoms with Gasteiger partial charge in [-0.05, 0) is 38.4 Å². The molecule has 5 nitrogen and oxygen atoms in total. The molecule has 0 atom stereocenters. The number of nitrogens with one attached hydrogen (secondary N) is 1. The summed E-state index contributed by atoms with van der Waals surface area (Å²) >= 11 is 1.37. The molecule has 0 aliphatic carbocycles. The number of thiophene rings is 1. The van der Waals surface area contributed by atoms with Crippen LogP contribution in [0, 0.1) is 0 Å². The minimum atomic E-state index is -0.398. The zero-order valence-corrected chi connectivity index (χ0v) is 17.2. The minimum absolute atomic E-state index is 0.0590. The molecule has 0 unspecified atom stereocenters. The van der Waals surface area contributed by atoms with E-state index in [2.05, 4.69) is 10.2 Å². The Bertz CT molecular complexity index is 780. The molecule has 0 radical (unpaired) electrons. The second-order valence-electron chi connectivity index (χ2n) is 6.99. The summed E-state index contributed by atoms with van der Waals surface area (Å²) in [4.78, 5) is 27.5. The summed E-state index contributed by atoms with van der Waals surface area (Å²) in [6.07, 6.45) is 5.41. The molecule has 1 fully saturated rings. The molecule has 1 amide bonds. The lowest BCUT2D eigenvalue weighted by atomic mass is 10.0. The van der Waals surface area contributed by atoms with Gasteiger partial charge in [0.05, 0.1) is 6.61 Å². The van der Waals surface area contributed by atoms with Crippen molar-refractivity contribution in [3.8, 4) is 11.1 Å². The predicted molar refractivity (Wildman–Crippen MR) is 114 cm³/mol. The Kier molecular flexibility index (Phi) is 7.62. The maximum absolute atomic E-state index is 12.6. The van der Waals surface area contributed by atoms with Gasteiger partial charge in [0.15, 0.2) is 0 Å². The number of hydrogen-bond acceptors (Lipinski definition) is 5. The molecule has 1 aromatic carbocycles. The van der Waals surface area contributed by atoms with Gasteiger partial charge in [0.1, 0.15) is 10.6 Å². The van der Waals surface area contributed by atoms with Crippen LogP contribution in [0.2, 0.25) is 0 Å². The number of rotatable bonds is 7. The lowest BCUT2D eigenvalue weighted by molar-refractivity contribution is -0.116. The second-order valence-corrected chi connectivity index (χ2v) is 7.87. The van der Waals surface area contributed by atoms with Gasteiger partial charge in [0.25, 0.3) is 0 Å². The average molecular weight is 401 g/mol. The third-order valence-electron chi connectivity index (χ3n) is 4.96. The molecular weight excluding hydrogens is 372 g/mol. The van der Waals surface area contributed by atoms with Crippen LogP contribution in [-0.4, -0.2) is 43.0 Å². The summed E-state index contributed by atoms with van der Waals surface area (Å²) in [5.41, 5.74) is 2.18. The minimum Gasteiger partial charge on any atom is -0.462 e. The third kappa shape index (κ3) is 5.42. The molecular formula is C22H28N2O3S. The van der Waals surface area contributed by atoms with Gasteiger partial charge in [-0.3, -0.25) is 4.79 Å². The number of carbonyl (C=O) groups excluding carboxylic acids is 2. The van der Waals surface area contributed by atoms with Crippen LogP contribution in [0.3, 0.4) is 0 Å². The summed E-state index contributed by atoms with van der Waals surface area (Å²) in [6, 6.07) is 9.71. The normalized spacial score (nSPS) is 15.0. The SMILES string of the molecule is CCOC(=O)c1c(-c2ccccc2)csc1NC(=O)CCN1CCCCCC1. The molecule has 0 spiro atoms. The molecule has 1 aliphatic rings. The van der Waals surface area contributed by atoms with Crippen LogP contribution in [0.15, 0.2) is 35.7 Å². The summed E-state index contributed by atoms with van der Waals surface area (Å²) in [5, 5.41) is 5.42. The van der Waals surface area contributed by atoms with Gasteiger partial charge in [0.2, 0.25) is 5.91 Å². The monoisotopic (exact) mass is 400 g/mol. The largest absolute Gasteiger partial charge is 0.462 e. The van der Waals surface area contributed by atoms with Crippen molar-refractivity contribution in [1.29, 1.82) is 0 Å². The standard InChI is InChI=1S/C22H28N2O3S/c1-2-27-22(26)20-18(17-10-6-5-7-11-17)16-28-21(20)23-19(25)12-15-24-13-8-3-4-9-14-24/h5-7,10-11,16H,2-4,8-9,12-15H2,1H3,(H,23,25). The zero-order chi connectivity index (χ0) is 19.8. The summed E-state index contributed by atoms with van der Waals surface area (Å²) in [6.45, 7) is 4.98. The second kappa shape index (κ2) is 10.4. The van der Waals surface area contributed by atoms with E-state index in [9.17, 15) is 9.59 Å². The van der Waals surface area contributed by atoms with Crippen molar-refractivity contribution in [3.63, 3.8) is 0 Å². The van der Waals surface area contributed by atoms with Crippen LogP contribution in [0.5, 0.6) is 0 Å². The summed E-state index contributed by atoms with van der Waals surface area (Å²) < 4.78 is 5.25. The molecule has 1 N–H and O–H groups in total. The number of nitrogens with zero attached hydrogens (tertiary/aromatic N) is 1. The van der Waals surface area contributed by atoms with Crippen molar-refractivity contribution in [2.24, 2.45) is 0 Å². The predicted octanol–water partition coefficient (Wildman–Crippen LogP) is 4.80. The number of esters is 1. The Morgan fingerprint density at radius 3 is 2.50 bits per heavy atom. The van der Waals surface area contributed by atoms with E-state index < -0.39 is 5.97 Å². The van der Waals surface area contributed by atoms with Gasteiger partial charge in [-0.25, -0.2) is 4.79 Å². The first-order chi connectivity index (χ1) is 13.7. The van der Waals surface area contributed by atoms with E-state index >= 15 is 0 Å². The Balaban J connectivity index is 1.71. The molecule has 0 saturated carbocycles. The number of carbonyl (C=O) groups is 2. The van der Waals surface area contributed by atoms with Crippen LogP contribution in [0.25, 0.3) is 11.1 Å². The lowest BCUT2D eigenvalue weighted by Gasteiger charge is -2.19. The van der Waals surface area contributed by atoms with E-state index in [0.717, 1.165) is 30.8 Å². The molecule has 2 aromatic rings. The van der Waals surface area contributed by atoms with Gasteiger partial charge in [-0.2, -0.15) is 0 Å². The average Bonchev–Trinajstić information content (AvgIpc) is 2.94. The van der Waals surface area contributed by atoms with Gasteiger partial charge in [0, 0.05) is 23.9 Å². The number of benzene rings is 1. The maximum atomic E-state index is 12.6. The summed E-state index contributed by atoms with van der Waals surface area (Å²) in [7, 11) is 0. The smallest absolute Gasteiger partial charge is 0.341 e. The molecule has 6 heteroatoms. The van der Waals surface area contributed by atoms with Gasteiger partial charge < -0.3 is 15.0 Å². The van der Waals surface area contributed by atoms with Crippen LogP contribution in [0.1, 0.15) is 49.4 Å². The van der Waals surface area contributed by atoms with Gasteiger partial charge in [-0.15, -0.1) is 11.3 Å². The van der Waals surface area contributed by atoms with E-state index in [1.165, 1.54) is 37.0 Å². The van der Waals surface area contributed by atoms with Crippen LogP contribution in [0.4, 0.5) is 5.00 Å². The molecule has 150 valence electrons. The zero-order valence-electron chi connectivity index (χ0n) is 16.4. The number of anilines is 1. The van der Waals surface area contributed by atoms with Crippen molar-refractivity contribution < 1.29 is 14.3 Å². The molecule has 2 heterocycles. The Labute approximate surface area is 170 Å². The van der Waals surface area contributed by atoms with Crippen LogP contribution < -0.4 is 5.32 Å². The summed E-state index contributed by atoms with van der Waals surface area (Å²) in [5.74, 6) is -0.457. The maximum Gasteiger partial charge on any atom is 0.341 e. The number of amides is 1. The van der Waals surface area contributed by atoms with Crippen molar-refractivity contribution in [1.82, 2.24) is 4.90 Å². The fourth-order valence-corrected chi connectivity index (χ4v) is 4.47. The van der Waals surface area contributed by atoms with E-state index in [0.29, 0.717) is 23.6 Å². The lowest BCUT2D eigenvalue weighted by Crippen LogP contribution is -2.28. The fraction of sp³-hybridized carbons (Fsp3) is 0.455. The van der Waals surface area contributed by atoms with Crippen molar-refractivity contribution in [2.75, 3.05) is 31.6 Å². The molecule has 28 heavy (non-hydrogen) atoms. The van der Waals surface area contributed by atoms with Crippen molar-refractivity contribution in [2.45, 2.75) is 39.0 Å². The first-order valence-corrected chi connectivity index (χ1v) is 10.9. The fourth-order valence-electron chi connectivity index (χ4n) is 3.49. The van der Waals surface area contributed by atoms with Crippen LogP contribution >= 0.6 is 11.3 Å². The van der Waals surface area contributed by atoms with Crippen molar-refractivity contribution >= 4 is 28.2 Å². The number of likely N-dealkylation sites (tertiary alicyclic amines) is 1. The molecule has 1 aromatic heterocycles. The number of hydrogen-bond donors (Lipinski definition) is 1. The molecule has 1 aliphatic heterocycles. The molecule has 3 rings (SSSR count). The first kappa shape index (κ1) is 20.6. The highest BCUT2D eigenvalue weighted by atomic mass is 32.1. The highest BCUT2D eigenvalue weighted by Gasteiger charge is 2.23. The van der Waals surface area contributed by atoms with E-state index in [4.69, 9.17) is 4.74 Å². The van der Waals surface area contributed by atoms with E-state index in [-0.39, 0.29) is 5.91 Å². The highest BCUT2D eigenvalue weighted by molar-refractivity contribution is 7.15.